The van der Waals surface area contributed by atoms with Crippen LogP contribution in [-0.2, 0) is 25.7 Å². The molecule has 1 saturated carbocycles. The summed E-state index contributed by atoms with van der Waals surface area (Å²) < 4.78 is 17.8. The van der Waals surface area contributed by atoms with Gasteiger partial charge in [-0.25, -0.2) is 4.39 Å². The zero-order valence-corrected chi connectivity index (χ0v) is 21.5. The van der Waals surface area contributed by atoms with Crippen molar-refractivity contribution in [3.63, 3.8) is 0 Å². The van der Waals surface area contributed by atoms with Crippen LogP contribution in [0.2, 0.25) is 0 Å². The van der Waals surface area contributed by atoms with E-state index < -0.39 is 5.60 Å². The fourth-order valence-corrected chi connectivity index (χ4v) is 6.05. The third-order valence-corrected chi connectivity index (χ3v) is 7.88. The highest BCUT2D eigenvalue weighted by Gasteiger charge is 2.31. The normalized spacial score (nSPS) is 16.2. The number of nitrogens with zero attached hydrogens (tertiary/aromatic N) is 4. The Labute approximate surface area is 215 Å². The molecule has 7 heteroatoms. The number of carbonyl (C=O) groups excluding carboxylic acids is 1. The molecule has 0 spiro atoms. The summed E-state index contributed by atoms with van der Waals surface area (Å²) in [5, 5.41) is 16.2. The van der Waals surface area contributed by atoms with E-state index in [1.54, 1.807) is 47.8 Å². The van der Waals surface area contributed by atoms with E-state index in [0.717, 1.165) is 59.0 Å². The summed E-state index contributed by atoms with van der Waals surface area (Å²) in [6, 6.07) is 11.1. The number of rotatable bonds is 5. The maximum atomic E-state index is 16.0. The molecular weight excluding hydrogens is 467 g/mol. The Morgan fingerprint density at radius 3 is 2.65 bits per heavy atom. The van der Waals surface area contributed by atoms with Crippen molar-refractivity contribution < 1.29 is 14.3 Å². The largest absolute Gasteiger partial charge is 0.386 e. The van der Waals surface area contributed by atoms with Crippen molar-refractivity contribution in [3.8, 4) is 11.1 Å². The Kier molecular flexibility index (Phi) is 5.64. The molecule has 3 heterocycles. The average molecular weight is 499 g/mol. The van der Waals surface area contributed by atoms with Crippen molar-refractivity contribution in [1.82, 2.24) is 19.7 Å². The van der Waals surface area contributed by atoms with Gasteiger partial charge in [-0.15, -0.1) is 0 Å². The quantitative estimate of drug-likeness (QED) is 0.377. The second-order valence-electron chi connectivity index (χ2n) is 11.0. The predicted molar refractivity (Wildman–Crippen MR) is 140 cm³/mol. The van der Waals surface area contributed by atoms with Crippen LogP contribution in [0.1, 0.15) is 78.2 Å². The zero-order chi connectivity index (χ0) is 25.9. The summed E-state index contributed by atoms with van der Waals surface area (Å²) in [5.41, 5.74) is 5.03. The second kappa shape index (κ2) is 8.77. The van der Waals surface area contributed by atoms with Gasteiger partial charge in [0.1, 0.15) is 5.82 Å². The fourth-order valence-electron chi connectivity index (χ4n) is 6.05. The highest BCUT2D eigenvalue weighted by Crippen LogP contribution is 2.41. The van der Waals surface area contributed by atoms with Gasteiger partial charge in [0, 0.05) is 42.5 Å². The lowest BCUT2D eigenvalue weighted by atomic mass is 9.87. The van der Waals surface area contributed by atoms with Crippen LogP contribution in [-0.4, -0.2) is 30.7 Å². The van der Waals surface area contributed by atoms with Gasteiger partial charge in [-0.1, -0.05) is 31.0 Å². The number of hydrogen-bond acceptors (Lipinski definition) is 4. The fraction of sp³-hybridized carbons (Fsp3) is 0.367. The molecule has 0 bridgehead atoms. The second-order valence-corrected chi connectivity index (χ2v) is 11.0. The van der Waals surface area contributed by atoms with E-state index in [1.807, 2.05) is 25.4 Å². The van der Waals surface area contributed by atoms with Gasteiger partial charge in [0.05, 0.1) is 28.9 Å². The van der Waals surface area contributed by atoms with E-state index >= 15 is 4.39 Å². The minimum absolute atomic E-state index is 0.0942. The molecule has 2 aliphatic rings. The molecule has 1 aliphatic heterocycles. The van der Waals surface area contributed by atoms with Crippen LogP contribution in [0.25, 0.3) is 22.0 Å². The van der Waals surface area contributed by atoms with Crippen molar-refractivity contribution in [2.24, 2.45) is 7.05 Å². The van der Waals surface area contributed by atoms with Gasteiger partial charge in [0.2, 0.25) is 0 Å². The molecule has 0 unspecified atom stereocenters. The summed E-state index contributed by atoms with van der Waals surface area (Å²) in [6.07, 6.45) is 7.91. The molecular formula is C30H31FN4O2. The Balaban J connectivity index is 1.45. The molecule has 0 atom stereocenters. The molecule has 37 heavy (non-hydrogen) atoms. The number of aromatic nitrogens is 3. The van der Waals surface area contributed by atoms with E-state index in [9.17, 15) is 9.90 Å². The van der Waals surface area contributed by atoms with Gasteiger partial charge in [0.25, 0.3) is 5.91 Å². The number of hydrogen-bond donors (Lipinski definition) is 1. The lowest BCUT2D eigenvalue weighted by Gasteiger charge is -2.23. The first-order valence-corrected chi connectivity index (χ1v) is 13.0. The van der Waals surface area contributed by atoms with Crippen LogP contribution in [0.3, 0.4) is 0 Å². The van der Waals surface area contributed by atoms with E-state index in [0.29, 0.717) is 23.2 Å². The number of pyridine rings is 1. The minimum Gasteiger partial charge on any atom is -0.386 e. The van der Waals surface area contributed by atoms with Crippen molar-refractivity contribution in [1.29, 1.82) is 0 Å². The highest BCUT2D eigenvalue weighted by atomic mass is 19.1. The Morgan fingerprint density at radius 1 is 1.14 bits per heavy atom. The van der Waals surface area contributed by atoms with Crippen molar-refractivity contribution in [2.45, 2.75) is 64.1 Å². The number of amides is 1. The maximum absolute atomic E-state index is 16.0. The monoisotopic (exact) mass is 498 g/mol. The van der Waals surface area contributed by atoms with Crippen LogP contribution >= 0.6 is 0 Å². The highest BCUT2D eigenvalue weighted by molar-refractivity contribution is 5.98. The smallest absolute Gasteiger partial charge is 0.256 e. The molecule has 2 aromatic carbocycles. The third-order valence-electron chi connectivity index (χ3n) is 7.88. The standard InChI is InChI=1S/C30H31FN4O2/c1-30(2,37)25-11-10-20(24-15-34(3)33-28(24)25)19-13-22(18-7-4-5-8-18)23(26(31)14-19)16-35-17-27-21(29(35)36)9-6-12-32-27/h6,9-15,18,37H,4-5,7-8,16-17H2,1-3H3. The Morgan fingerprint density at radius 2 is 1.92 bits per heavy atom. The molecule has 2 aromatic heterocycles. The van der Waals surface area contributed by atoms with Gasteiger partial charge in [-0.05, 0) is 67.5 Å². The van der Waals surface area contributed by atoms with Gasteiger partial charge in [-0.2, -0.15) is 5.10 Å². The molecule has 1 N–H and O–H groups in total. The van der Waals surface area contributed by atoms with Gasteiger partial charge < -0.3 is 10.0 Å². The first-order chi connectivity index (χ1) is 17.7. The topological polar surface area (TPSA) is 71.2 Å². The predicted octanol–water partition coefficient (Wildman–Crippen LogP) is 5.82. The van der Waals surface area contributed by atoms with Gasteiger partial charge in [0.15, 0.2) is 0 Å². The number of fused-ring (bicyclic) bond motifs is 2. The summed E-state index contributed by atoms with van der Waals surface area (Å²) in [4.78, 5) is 19.1. The Hall–Kier alpha value is -3.58. The summed E-state index contributed by atoms with van der Waals surface area (Å²) >= 11 is 0. The first-order valence-electron chi connectivity index (χ1n) is 13.0. The molecule has 6 nitrogen and oxygen atoms in total. The van der Waals surface area contributed by atoms with E-state index in [1.165, 1.54) is 0 Å². The Bertz CT molecular complexity index is 1530. The SMILES string of the molecule is Cn1cc2c(-c3cc(F)c(CN4Cc5ncccc5C4=O)c(C4CCCC4)c3)ccc(C(C)(C)O)c2n1. The lowest BCUT2D eigenvalue weighted by Crippen LogP contribution is -2.25. The van der Waals surface area contributed by atoms with E-state index in [-0.39, 0.29) is 24.2 Å². The van der Waals surface area contributed by atoms with Crippen molar-refractivity contribution in [3.05, 3.63) is 82.6 Å². The molecule has 4 aromatic rings. The number of benzene rings is 2. The zero-order valence-electron chi connectivity index (χ0n) is 21.5. The first kappa shape index (κ1) is 23.8. The average Bonchev–Trinajstić information content (AvgIpc) is 3.58. The molecule has 1 aliphatic carbocycles. The van der Waals surface area contributed by atoms with Crippen molar-refractivity contribution in [2.75, 3.05) is 0 Å². The van der Waals surface area contributed by atoms with Crippen LogP contribution in [0.4, 0.5) is 4.39 Å². The number of aliphatic hydroxyl groups is 1. The summed E-state index contributed by atoms with van der Waals surface area (Å²) in [6.45, 7) is 4.12. The van der Waals surface area contributed by atoms with Crippen LogP contribution < -0.4 is 0 Å². The summed E-state index contributed by atoms with van der Waals surface area (Å²) in [7, 11) is 1.85. The maximum Gasteiger partial charge on any atom is 0.256 e. The number of carbonyl (C=O) groups is 1. The van der Waals surface area contributed by atoms with Crippen molar-refractivity contribution >= 4 is 16.8 Å². The van der Waals surface area contributed by atoms with Crippen LogP contribution in [0.15, 0.2) is 48.8 Å². The molecule has 1 amide bonds. The third kappa shape index (κ3) is 4.11. The lowest BCUT2D eigenvalue weighted by molar-refractivity contribution is 0.0763. The molecule has 1 fully saturated rings. The van der Waals surface area contributed by atoms with E-state index in [2.05, 4.69) is 16.1 Å². The molecule has 6 rings (SSSR count). The number of halogens is 1. The van der Waals surface area contributed by atoms with E-state index in [4.69, 9.17) is 0 Å². The minimum atomic E-state index is -1.05. The molecule has 0 saturated heterocycles. The molecule has 0 radical (unpaired) electrons. The number of aryl methyl sites for hydroxylation is 1. The van der Waals surface area contributed by atoms with Crippen LogP contribution in [0.5, 0.6) is 0 Å². The van der Waals surface area contributed by atoms with Gasteiger partial charge >= 0.3 is 0 Å². The van der Waals surface area contributed by atoms with Gasteiger partial charge in [-0.3, -0.25) is 14.5 Å². The van der Waals surface area contributed by atoms with Crippen LogP contribution in [0, 0.1) is 5.82 Å². The molecule has 190 valence electrons. The summed E-state index contributed by atoms with van der Waals surface area (Å²) in [5.74, 6) is -0.120.